The fraction of sp³-hybridized carbons (Fsp3) is 0.667. The third-order valence-electron chi connectivity index (χ3n) is 3.66. The van der Waals surface area contributed by atoms with Gasteiger partial charge in [-0.25, -0.2) is 0 Å². The average Bonchev–Trinajstić information content (AvgIpc) is 2.21. The number of rotatable bonds is 4. The molecule has 0 aromatic heterocycles. The summed E-state index contributed by atoms with van der Waals surface area (Å²) in [6.07, 6.45) is 7.02. The zero-order valence-corrected chi connectivity index (χ0v) is 11.4. The Morgan fingerprint density at radius 3 is 2.76 bits per heavy atom. The molecule has 1 aliphatic rings. The van der Waals surface area contributed by atoms with Gasteiger partial charge in [0.2, 0.25) is 0 Å². The van der Waals surface area contributed by atoms with Crippen LogP contribution in [0.3, 0.4) is 0 Å². The summed E-state index contributed by atoms with van der Waals surface area (Å²) in [7, 11) is 0. The third-order valence-corrected chi connectivity index (χ3v) is 3.66. The van der Waals surface area contributed by atoms with Crippen molar-refractivity contribution in [2.75, 3.05) is 0 Å². The minimum Gasteiger partial charge on any atom is -0.390 e. The number of hydrogen-bond acceptors (Lipinski definition) is 2. The molecule has 17 heavy (non-hydrogen) atoms. The molecule has 2 heteroatoms. The second-order valence-electron chi connectivity index (χ2n) is 5.62. The summed E-state index contributed by atoms with van der Waals surface area (Å²) in [5.74, 6) is 0.257. The Hall–Kier alpha value is -0.890. The molecule has 0 bridgehead atoms. The molecule has 0 amide bonds. The maximum atomic E-state index is 11.6. The van der Waals surface area contributed by atoms with Crippen molar-refractivity contribution in [3.8, 4) is 0 Å². The number of Topliss-reactive ketones (excluding diaryl/α,β-unsaturated/α-hetero) is 1. The molecule has 0 saturated carbocycles. The molecule has 1 rings (SSSR count). The van der Waals surface area contributed by atoms with E-state index in [1.54, 1.807) is 0 Å². The summed E-state index contributed by atoms with van der Waals surface area (Å²) in [5, 5.41) is 10.4. The average molecular weight is 236 g/mol. The van der Waals surface area contributed by atoms with E-state index in [0.29, 0.717) is 6.42 Å². The molecule has 0 saturated heterocycles. The maximum absolute atomic E-state index is 11.6. The molecule has 0 heterocycles. The Kier molecular flexibility index (Phi) is 4.70. The molecule has 96 valence electrons. The van der Waals surface area contributed by atoms with Crippen LogP contribution in [-0.2, 0) is 4.79 Å². The highest BCUT2D eigenvalue weighted by Gasteiger charge is 2.34. The topological polar surface area (TPSA) is 37.3 Å². The minimum absolute atomic E-state index is 0.0734. The third kappa shape index (κ3) is 4.12. The molecule has 0 aromatic carbocycles. The van der Waals surface area contributed by atoms with E-state index in [0.717, 1.165) is 24.8 Å². The van der Waals surface area contributed by atoms with E-state index in [2.05, 4.69) is 19.9 Å². The maximum Gasteiger partial charge on any atom is 0.158 e. The van der Waals surface area contributed by atoms with Crippen molar-refractivity contribution in [2.45, 2.75) is 59.0 Å². The first-order chi connectivity index (χ1) is 7.83. The largest absolute Gasteiger partial charge is 0.390 e. The number of carbonyl (C=O) groups excluding carboxylic acids is 1. The van der Waals surface area contributed by atoms with E-state index >= 15 is 0 Å². The predicted octanol–water partition coefficient (Wildman–Crippen LogP) is 3.41. The molecular weight excluding hydrogens is 212 g/mol. The Balaban J connectivity index is 2.59. The van der Waals surface area contributed by atoms with Crippen LogP contribution in [-0.4, -0.2) is 16.5 Å². The minimum atomic E-state index is -0.737. The SMILES string of the molecule is CC(C)=CCC[C@](C)(O)[C@@H]1CC=C(C)C(=O)C1. The van der Waals surface area contributed by atoms with Crippen molar-refractivity contribution in [2.24, 2.45) is 5.92 Å². The van der Waals surface area contributed by atoms with Gasteiger partial charge in [-0.05, 0) is 58.4 Å². The molecule has 1 aliphatic carbocycles. The lowest BCUT2D eigenvalue weighted by Crippen LogP contribution is -2.37. The van der Waals surface area contributed by atoms with E-state index < -0.39 is 5.60 Å². The Bertz CT molecular complexity index is 344. The first-order valence-corrected chi connectivity index (χ1v) is 6.38. The monoisotopic (exact) mass is 236 g/mol. The highest BCUT2D eigenvalue weighted by atomic mass is 16.3. The van der Waals surface area contributed by atoms with Gasteiger partial charge < -0.3 is 5.11 Å². The molecule has 0 radical (unpaired) electrons. The smallest absolute Gasteiger partial charge is 0.158 e. The zero-order chi connectivity index (χ0) is 13.1. The van der Waals surface area contributed by atoms with Gasteiger partial charge in [-0.2, -0.15) is 0 Å². The molecule has 0 aliphatic heterocycles. The van der Waals surface area contributed by atoms with Gasteiger partial charge in [0.05, 0.1) is 5.60 Å². The Morgan fingerprint density at radius 2 is 2.24 bits per heavy atom. The van der Waals surface area contributed by atoms with Gasteiger partial charge in [0.15, 0.2) is 5.78 Å². The summed E-state index contributed by atoms with van der Waals surface area (Å²) in [4.78, 5) is 11.6. The van der Waals surface area contributed by atoms with E-state index in [-0.39, 0.29) is 11.7 Å². The zero-order valence-electron chi connectivity index (χ0n) is 11.4. The lowest BCUT2D eigenvalue weighted by atomic mass is 9.76. The molecule has 0 aromatic rings. The fourth-order valence-electron chi connectivity index (χ4n) is 2.23. The van der Waals surface area contributed by atoms with E-state index in [1.165, 1.54) is 5.57 Å². The van der Waals surface area contributed by atoms with Crippen molar-refractivity contribution >= 4 is 5.78 Å². The number of ketones is 1. The van der Waals surface area contributed by atoms with Gasteiger partial charge in [0.1, 0.15) is 0 Å². The second kappa shape index (κ2) is 5.63. The molecule has 0 spiro atoms. The quantitative estimate of drug-likeness (QED) is 0.759. The van der Waals surface area contributed by atoms with Crippen LogP contribution in [0.5, 0.6) is 0 Å². The van der Waals surface area contributed by atoms with Crippen molar-refractivity contribution in [3.63, 3.8) is 0 Å². The Morgan fingerprint density at radius 1 is 1.59 bits per heavy atom. The lowest BCUT2D eigenvalue weighted by molar-refractivity contribution is -0.119. The van der Waals surface area contributed by atoms with Crippen LogP contribution >= 0.6 is 0 Å². The Labute approximate surface area is 104 Å². The highest BCUT2D eigenvalue weighted by Crippen LogP contribution is 2.33. The fourth-order valence-corrected chi connectivity index (χ4v) is 2.23. The molecule has 1 N–H and O–H groups in total. The van der Waals surface area contributed by atoms with E-state index in [9.17, 15) is 9.90 Å². The van der Waals surface area contributed by atoms with E-state index in [1.807, 2.05) is 19.9 Å². The summed E-state index contributed by atoms with van der Waals surface area (Å²) < 4.78 is 0. The summed E-state index contributed by atoms with van der Waals surface area (Å²) >= 11 is 0. The molecule has 2 nitrogen and oxygen atoms in total. The van der Waals surface area contributed by atoms with Crippen LogP contribution in [0, 0.1) is 5.92 Å². The van der Waals surface area contributed by atoms with Gasteiger partial charge in [0.25, 0.3) is 0 Å². The van der Waals surface area contributed by atoms with Crippen molar-refractivity contribution in [3.05, 3.63) is 23.3 Å². The van der Waals surface area contributed by atoms with Crippen LogP contribution in [0.25, 0.3) is 0 Å². The molecule has 2 atom stereocenters. The van der Waals surface area contributed by atoms with Crippen molar-refractivity contribution < 1.29 is 9.90 Å². The van der Waals surface area contributed by atoms with Gasteiger partial charge in [-0.15, -0.1) is 0 Å². The standard InChI is InChI=1S/C15H24O2/c1-11(2)6-5-9-15(4,17)13-8-7-12(3)14(16)10-13/h6-7,13,17H,5,8-10H2,1-4H3/t13-,15+/m1/s1. The number of carbonyl (C=O) groups is 1. The second-order valence-corrected chi connectivity index (χ2v) is 5.62. The summed E-state index contributed by atoms with van der Waals surface area (Å²) in [5.41, 5.74) is 1.39. The van der Waals surface area contributed by atoms with Crippen LogP contribution in [0.15, 0.2) is 23.3 Å². The normalized spacial score (nSPS) is 23.9. The number of allylic oxidation sites excluding steroid dienone is 4. The molecular formula is C15H24O2. The van der Waals surface area contributed by atoms with Crippen LogP contribution in [0.1, 0.15) is 53.4 Å². The molecule has 0 unspecified atom stereocenters. The lowest BCUT2D eigenvalue weighted by Gasteiger charge is -2.34. The summed E-state index contributed by atoms with van der Waals surface area (Å²) in [6, 6.07) is 0. The number of aliphatic hydroxyl groups is 1. The van der Waals surface area contributed by atoms with E-state index in [4.69, 9.17) is 0 Å². The van der Waals surface area contributed by atoms with Crippen LogP contribution in [0.4, 0.5) is 0 Å². The summed E-state index contributed by atoms with van der Waals surface area (Å²) in [6.45, 7) is 7.84. The van der Waals surface area contributed by atoms with Crippen LogP contribution < -0.4 is 0 Å². The van der Waals surface area contributed by atoms with Crippen molar-refractivity contribution in [1.29, 1.82) is 0 Å². The van der Waals surface area contributed by atoms with Crippen LogP contribution in [0.2, 0.25) is 0 Å². The van der Waals surface area contributed by atoms with Gasteiger partial charge >= 0.3 is 0 Å². The van der Waals surface area contributed by atoms with Gasteiger partial charge in [-0.3, -0.25) is 4.79 Å². The van der Waals surface area contributed by atoms with Gasteiger partial charge in [0, 0.05) is 6.42 Å². The highest BCUT2D eigenvalue weighted by molar-refractivity contribution is 5.95. The first-order valence-electron chi connectivity index (χ1n) is 6.38. The first kappa shape index (κ1) is 14.2. The number of hydrogen-bond donors (Lipinski definition) is 1. The predicted molar refractivity (Wildman–Crippen MR) is 70.8 cm³/mol. The van der Waals surface area contributed by atoms with Gasteiger partial charge in [-0.1, -0.05) is 17.7 Å². The van der Waals surface area contributed by atoms with Crippen molar-refractivity contribution in [1.82, 2.24) is 0 Å². The molecule has 0 fully saturated rings.